The van der Waals surface area contributed by atoms with Gasteiger partial charge in [0.1, 0.15) is 0 Å². The Morgan fingerprint density at radius 3 is 2.43 bits per heavy atom. The van der Waals surface area contributed by atoms with Gasteiger partial charge in [-0.15, -0.1) is 0 Å². The molecule has 0 unspecified atom stereocenters. The van der Waals surface area contributed by atoms with Crippen molar-refractivity contribution in [2.75, 3.05) is 12.3 Å². The fourth-order valence-electron chi connectivity index (χ4n) is 1.42. The quantitative estimate of drug-likeness (QED) is 0.790. The molecule has 0 bridgehead atoms. The molecule has 0 aromatic rings. The van der Waals surface area contributed by atoms with Gasteiger partial charge in [-0.05, 0) is 25.8 Å². The Morgan fingerprint density at radius 1 is 1.36 bits per heavy atom. The van der Waals surface area contributed by atoms with Crippen molar-refractivity contribution in [3.63, 3.8) is 0 Å². The van der Waals surface area contributed by atoms with Gasteiger partial charge in [0.05, 0.1) is 5.75 Å². The molecule has 3 nitrogen and oxygen atoms in total. The summed E-state index contributed by atoms with van der Waals surface area (Å²) >= 11 is 0. The van der Waals surface area contributed by atoms with Crippen molar-refractivity contribution in [3.8, 4) is 0 Å². The summed E-state index contributed by atoms with van der Waals surface area (Å²) in [7, 11) is -4.93. The van der Waals surface area contributed by atoms with Gasteiger partial charge in [0.2, 0.25) is 9.84 Å². The Morgan fingerprint density at radius 2 is 2.00 bits per heavy atom. The lowest BCUT2D eigenvalue weighted by molar-refractivity contribution is -0.0436. The second-order valence-corrected chi connectivity index (χ2v) is 5.45. The van der Waals surface area contributed by atoms with Gasteiger partial charge >= 0.3 is 5.51 Å². The van der Waals surface area contributed by atoms with Gasteiger partial charge in [0.15, 0.2) is 0 Å². The summed E-state index contributed by atoms with van der Waals surface area (Å²) in [5, 5.41) is 2.95. The summed E-state index contributed by atoms with van der Waals surface area (Å²) in [4.78, 5) is 0. The predicted octanol–water partition coefficient (Wildman–Crippen LogP) is 1.06. The third kappa shape index (κ3) is 2.84. The van der Waals surface area contributed by atoms with E-state index in [0.29, 0.717) is 0 Å². The van der Waals surface area contributed by atoms with E-state index in [9.17, 15) is 21.6 Å². The first-order valence-electron chi connectivity index (χ1n) is 4.35. The molecule has 1 rings (SSSR count). The lowest BCUT2D eigenvalue weighted by Gasteiger charge is -2.11. The first-order valence-corrected chi connectivity index (χ1v) is 6.00. The second kappa shape index (κ2) is 4.06. The van der Waals surface area contributed by atoms with Crippen LogP contribution in [0.15, 0.2) is 0 Å². The molecule has 0 aliphatic carbocycles. The third-order valence-corrected chi connectivity index (χ3v) is 3.73. The van der Waals surface area contributed by atoms with E-state index in [1.54, 1.807) is 0 Å². The van der Waals surface area contributed by atoms with Gasteiger partial charge in [0.25, 0.3) is 0 Å². The number of halogens is 3. The highest BCUT2D eigenvalue weighted by Gasteiger charge is 2.45. The topological polar surface area (TPSA) is 46.2 Å². The summed E-state index contributed by atoms with van der Waals surface area (Å²) in [6.07, 6.45) is 1.70. The maximum absolute atomic E-state index is 11.9. The fraction of sp³-hybridized carbons (Fsp3) is 1.00. The molecule has 0 radical (unpaired) electrons. The summed E-state index contributed by atoms with van der Waals surface area (Å²) in [6.45, 7) is 0.761. The van der Waals surface area contributed by atoms with Crippen LogP contribution in [0.2, 0.25) is 0 Å². The smallest absolute Gasteiger partial charge is 0.314 e. The number of hydrogen-bond acceptors (Lipinski definition) is 3. The zero-order valence-corrected chi connectivity index (χ0v) is 8.29. The molecule has 14 heavy (non-hydrogen) atoms. The van der Waals surface area contributed by atoms with Crippen molar-refractivity contribution in [1.82, 2.24) is 5.32 Å². The van der Waals surface area contributed by atoms with E-state index in [2.05, 4.69) is 5.32 Å². The zero-order valence-electron chi connectivity index (χ0n) is 7.47. The Hall–Kier alpha value is -0.300. The number of rotatable bonds is 3. The lowest BCUT2D eigenvalue weighted by Crippen LogP contribution is -2.30. The molecule has 1 heterocycles. The summed E-state index contributed by atoms with van der Waals surface area (Å²) in [5.74, 6) is -0.811. The van der Waals surface area contributed by atoms with Gasteiger partial charge in [-0.2, -0.15) is 13.2 Å². The van der Waals surface area contributed by atoms with Gasteiger partial charge in [-0.25, -0.2) is 8.42 Å². The van der Waals surface area contributed by atoms with Crippen LogP contribution in [-0.2, 0) is 9.84 Å². The molecule has 84 valence electrons. The molecule has 0 spiro atoms. The standard InChI is InChI=1S/C7H12F3NO2S/c8-7(9,10)14(12,13)5-3-6-2-1-4-11-6/h6,11H,1-5H2/t6-/m1/s1. The van der Waals surface area contributed by atoms with Gasteiger partial charge in [-0.1, -0.05) is 0 Å². The Labute approximate surface area is 80.6 Å². The molecular weight excluding hydrogens is 219 g/mol. The number of sulfone groups is 1. The highest BCUT2D eigenvalue weighted by molar-refractivity contribution is 7.92. The van der Waals surface area contributed by atoms with E-state index in [4.69, 9.17) is 0 Å². The van der Waals surface area contributed by atoms with Crippen LogP contribution in [0, 0.1) is 0 Å². The monoisotopic (exact) mass is 231 g/mol. The van der Waals surface area contributed by atoms with Crippen LogP contribution in [0.3, 0.4) is 0 Å². The average molecular weight is 231 g/mol. The first-order chi connectivity index (χ1) is 6.33. The minimum atomic E-state index is -5.11. The maximum atomic E-state index is 11.9. The Balaban J connectivity index is 2.44. The van der Waals surface area contributed by atoms with E-state index in [-0.39, 0.29) is 12.5 Å². The van der Waals surface area contributed by atoms with Gasteiger partial charge in [0, 0.05) is 6.04 Å². The summed E-state index contributed by atoms with van der Waals surface area (Å²) < 4.78 is 57.0. The minimum absolute atomic E-state index is 0.0435. The molecule has 1 atom stereocenters. The molecule has 7 heteroatoms. The minimum Gasteiger partial charge on any atom is -0.314 e. The zero-order chi connectivity index (χ0) is 10.8. The highest BCUT2D eigenvalue weighted by atomic mass is 32.2. The van der Waals surface area contributed by atoms with Crippen LogP contribution in [-0.4, -0.2) is 32.3 Å². The molecule has 1 aliphatic heterocycles. The second-order valence-electron chi connectivity index (χ2n) is 3.35. The van der Waals surface area contributed by atoms with Crippen LogP contribution in [0.5, 0.6) is 0 Å². The Kier molecular flexibility index (Phi) is 3.41. The summed E-state index contributed by atoms with van der Waals surface area (Å²) in [6, 6.07) is -0.0767. The molecule has 0 saturated carbocycles. The van der Waals surface area contributed by atoms with Crippen molar-refractivity contribution in [1.29, 1.82) is 0 Å². The summed E-state index contributed by atoms with van der Waals surface area (Å²) in [5.41, 5.74) is -5.11. The third-order valence-electron chi connectivity index (χ3n) is 2.25. The van der Waals surface area contributed by atoms with Crippen molar-refractivity contribution < 1.29 is 21.6 Å². The average Bonchev–Trinajstić information content (AvgIpc) is 2.50. The number of nitrogens with one attached hydrogen (secondary N) is 1. The lowest BCUT2D eigenvalue weighted by atomic mass is 10.2. The van der Waals surface area contributed by atoms with E-state index >= 15 is 0 Å². The maximum Gasteiger partial charge on any atom is 0.497 e. The van der Waals surface area contributed by atoms with Gasteiger partial charge < -0.3 is 5.32 Å². The molecule has 0 aromatic carbocycles. The molecule has 0 amide bonds. The predicted molar refractivity (Wildman–Crippen MR) is 45.5 cm³/mol. The van der Waals surface area contributed by atoms with Crippen molar-refractivity contribution >= 4 is 9.84 Å². The van der Waals surface area contributed by atoms with Crippen molar-refractivity contribution in [2.24, 2.45) is 0 Å². The number of alkyl halides is 3. The van der Waals surface area contributed by atoms with Crippen LogP contribution in [0.25, 0.3) is 0 Å². The van der Waals surface area contributed by atoms with Crippen molar-refractivity contribution in [3.05, 3.63) is 0 Å². The van der Waals surface area contributed by atoms with E-state index < -0.39 is 21.1 Å². The largest absolute Gasteiger partial charge is 0.497 e. The molecule has 1 saturated heterocycles. The Bertz CT molecular complexity index is 280. The highest BCUT2D eigenvalue weighted by Crippen LogP contribution is 2.25. The van der Waals surface area contributed by atoms with Crippen molar-refractivity contribution in [2.45, 2.75) is 30.8 Å². The van der Waals surface area contributed by atoms with E-state index in [1.807, 2.05) is 0 Å². The fourth-order valence-corrected chi connectivity index (χ4v) is 2.24. The van der Waals surface area contributed by atoms with Crippen LogP contribution in [0.1, 0.15) is 19.3 Å². The molecular formula is C7H12F3NO2S. The van der Waals surface area contributed by atoms with Gasteiger partial charge in [-0.3, -0.25) is 0 Å². The molecule has 0 aromatic heterocycles. The number of hydrogen-bond donors (Lipinski definition) is 1. The van der Waals surface area contributed by atoms with Crippen LogP contribution >= 0.6 is 0 Å². The molecule has 1 aliphatic rings. The SMILES string of the molecule is O=S(=O)(CC[C@H]1CCCN1)C(F)(F)F. The van der Waals surface area contributed by atoms with Crippen LogP contribution < -0.4 is 5.32 Å². The van der Waals surface area contributed by atoms with Crippen LogP contribution in [0.4, 0.5) is 13.2 Å². The van der Waals surface area contributed by atoms with E-state index in [0.717, 1.165) is 19.4 Å². The molecule has 1 fully saturated rings. The van der Waals surface area contributed by atoms with E-state index in [1.165, 1.54) is 0 Å². The normalized spacial score (nSPS) is 24.1. The first kappa shape index (κ1) is 11.8. The molecule has 1 N–H and O–H groups in total.